The molecule has 164 valence electrons. The Kier molecular flexibility index (Phi) is 6.51. The Morgan fingerprint density at radius 2 is 1.72 bits per heavy atom. The van der Waals surface area contributed by atoms with E-state index < -0.39 is 26.6 Å². The van der Waals surface area contributed by atoms with E-state index in [0.717, 1.165) is 16.9 Å². The number of amides is 1. The monoisotopic (exact) mass is 423 g/mol. The average Bonchev–Trinajstić information content (AvgIpc) is 2.96. The number of aromatic nitrogens is 2. The Balaban J connectivity index is 2.45. The Bertz CT molecular complexity index is 753. The summed E-state index contributed by atoms with van der Waals surface area (Å²) in [5.74, 6) is -0.110. The molecule has 1 aliphatic heterocycles. The molecule has 1 saturated heterocycles. The fourth-order valence-corrected chi connectivity index (χ4v) is 3.80. The summed E-state index contributed by atoms with van der Waals surface area (Å²) in [5.41, 5.74) is 1.59. The molecule has 0 saturated carbocycles. The molecule has 0 spiro atoms. The van der Waals surface area contributed by atoms with Crippen molar-refractivity contribution in [3.8, 4) is 0 Å². The van der Waals surface area contributed by atoms with Crippen LogP contribution < -0.4 is 10.8 Å². The van der Waals surface area contributed by atoms with Crippen molar-refractivity contribution < 1.29 is 18.5 Å². The number of carbonyl (C=O) groups excluding carboxylic acids is 1. The first kappa shape index (κ1) is 24.1. The summed E-state index contributed by atoms with van der Waals surface area (Å²) < 4.78 is 20.8. The zero-order chi connectivity index (χ0) is 22.4. The molecule has 0 unspecified atom stereocenters. The number of aryl methyl sites for hydroxylation is 1. The first-order chi connectivity index (χ1) is 13.0. The second kappa shape index (κ2) is 7.83. The number of hydrogen-bond acceptors (Lipinski definition) is 5. The van der Waals surface area contributed by atoms with Gasteiger partial charge in [0.05, 0.1) is 29.2 Å². The molecular weight excluding hydrogens is 385 g/mol. The van der Waals surface area contributed by atoms with Crippen molar-refractivity contribution in [3.05, 3.63) is 11.4 Å². The molecule has 1 aromatic rings. The minimum absolute atomic E-state index is 0.0815. The molecule has 2 rings (SSSR count). The molecule has 0 radical (unpaired) electrons. The van der Waals surface area contributed by atoms with Crippen molar-refractivity contribution in [2.75, 3.05) is 7.05 Å². The molecule has 29 heavy (non-hydrogen) atoms. The van der Waals surface area contributed by atoms with Crippen molar-refractivity contribution in [3.63, 3.8) is 0 Å². The van der Waals surface area contributed by atoms with Crippen LogP contribution in [-0.2, 0) is 31.7 Å². The van der Waals surface area contributed by atoms with Gasteiger partial charge in [-0.3, -0.25) is 9.48 Å². The molecule has 7 nitrogen and oxygen atoms in total. The lowest BCUT2D eigenvalue weighted by Crippen LogP contribution is -2.43. The van der Waals surface area contributed by atoms with Gasteiger partial charge in [-0.05, 0) is 52.8 Å². The van der Waals surface area contributed by atoms with Crippen molar-refractivity contribution in [2.24, 2.45) is 0 Å². The van der Waals surface area contributed by atoms with Crippen molar-refractivity contribution in [2.45, 2.75) is 97.9 Å². The summed E-state index contributed by atoms with van der Waals surface area (Å²) in [6.07, 6.45) is 0. The Labute approximate surface area is 177 Å². The third kappa shape index (κ3) is 4.78. The van der Waals surface area contributed by atoms with Crippen LogP contribution in [0.4, 0.5) is 0 Å². The Morgan fingerprint density at radius 1 is 1.21 bits per heavy atom. The molecule has 1 aliphatic rings. The molecule has 0 atom stereocenters. The summed E-state index contributed by atoms with van der Waals surface area (Å²) in [7, 11) is -0.912. The van der Waals surface area contributed by atoms with Crippen LogP contribution in [0.1, 0.15) is 59.9 Å². The lowest BCUT2D eigenvalue weighted by molar-refractivity contribution is -0.121. The van der Waals surface area contributed by atoms with E-state index in [0.29, 0.717) is 6.61 Å². The summed E-state index contributed by atoms with van der Waals surface area (Å²) in [4.78, 5) is 12.1. The van der Waals surface area contributed by atoms with Crippen LogP contribution in [0, 0.1) is 6.92 Å². The van der Waals surface area contributed by atoms with Gasteiger partial charge < -0.3 is 19.1 Å². The number of nitrogens with one attached hydrogen (secondary N) is 1. The number of hydrogen-bond donors (Lipinski definition) is 1. The number of rotatable bonds is 6. The SMILES string of the molecule is CNC(=O)Cn1nc(C)c(B2OC(C)(C)C(C)(C)O2)c1CO[Si](C)(C)C(C)(C)C. The van der Waals surface area contributed by atoms with Crippen LogP contribution in [0.5, 0.6) is 0 Å². The number of nitrogens with zero attached hydrogens (tertiary/aromatic N) is 2. The van der Waals surface area contributed by atoms with Gasteiger partial charge in [-0.25, -0.2) is 0 Å². The van der Waals surface area contributed by atoms with Crippen LogP contribution >= 0.6 is 0 Å². The third-order valence-electron chi connectivity index (χ3n) is 6.72. The van der Waals surface area contributed by atoms with Gasteiger partial charge in [0, 0.05) is 12.5 Å². The largest absolute Gasteiger partial charge is 0.498 e. The van der Waals surface area contributed by atoms with Gasteiger partial charge in [0.15, 0.2) is 8.32 Å². The Hall–Kier alpha value is -1.16. The smallest absolute Gasteiger partial charge is 0.411 e. The molecule has 1 aromatic heterocycles. The normalized spacial score (nSPS) is 18.9. The molecule has 9 heteroatoms. The predicted octanol–water partition coefficient (Wildman–Crippen LogP) is 2.76. The van der Waals surface area contributed by atoms with Gasteiger partial charge in [-0.2, -0.15) is 5.10 Å². The number of likely N-dealkylation sites (N-methyl/N-ethyl adjacent to an activating group) is 1. The standard InChI is InChI=1S/C20H38BN3O4Si/c1-14-17(21-27-19(5,6)20(7,8)28-21)15(24(23-14)12-16(25)22-9)13-26-29(10,11)18(2,3)4/h12-13H2,1-11H3,(H,22,25). The van der Waals surface area contributed by atoms with Gasteiger partial charge in [-0.1, -0.05) is 20.8 Å². The van der Waals surface area contributed by atoms with Crippen LogP contribution in [-0.4, -0.2) is 49.4 Å². The third-order valence-corrected chi connectivity index (χ3v) is 11.2. The second-order valence-electron chi connectivity index (χ2n) is 10.4. The van der Waals surface area contributed by atoms with Gasteiger partial charge >= 0.3 is 7.12 Å². The van der Waals surface area contributed by atoms with E-state index >= 15 is 0 Å². The van der Waals surface area contributed by atoms with E-state index in [2.05, 4.69) is 44.3 Å². The highest BCUT2D eigenvalue weighted by Crippen LogP contribution is 2.38. The van der Waals surface area contributed by atoms with Gasteiger partial charge in [0.25, 0.3) is 0 Å². The Morgan fingerprint density at radius 3 is 2.17 bits per heavy atom. The molecular formula is C20H38BN3O4Si. The van der Waals surface area contributed by atoms with Gasteiger partial charge in [-0.15, -0.1) is 0 Å². The summed E-state index contributed by atoms with van der Waals surface area (Å²) in [5, 5.41) is 7.38. The summed E-state index contributed by atoms with van der Waals surface area (Å²) in [6, 6.07) is 0. The lowest BCUT2D eigenvalue weighted by Gasteiger charge is -2.36. The first-order valence-corrected chi connectivity index (χ1v) is 13.2. The highest BCUT2D eigenvalue weighted by molar-refractivity contribution is 6.74. The second-order valence-corrected chi connectivity index (χ2v) is 15.2. The molecule has 1 N–H and O–H groups in total. The molecule has 0 bridgehead atoms. The topological polar surface area (TPSA) is 74.6 Å². The van der Waals surface area contributed by atoms with Gasteiger partial charge in [0.1, 0.15) is 6.54 Å². The minimum Gasteiger partial charge on any atom is -0.411 e. The van der Waals surface area contributed by atoms with Crippen LogP contribution in [0.25, 0.3) is 0 Å². The van der Waals surface area contributed by atoms with Crippen LogP contribution in [0.3, 0.4) is 0 Å². The zero-order valence-corrected chi connectivity index (χ0v) is 21.0. The molecule has 0 aromatic carbocycles. The number of carbonyl (C=O) groups is 1. The van der Waals surface area contributed by atoms with Crippen molar-refractivity contribution >= 4 is 26.8 Å². The maximum absolute atomic E-state index is 12.1. The van der Waals surface area contributed by atoms with Crippen LogP contribution in [0.15, 0.2) is 0 Å². The van der Waals surface area contributed by atoms with Crippen molar-refractivity contribution in [1.82, 2.24) is 15.1 Å². The quantitative estimate of drug-likeness (QED) is 0.713. The molecule has 0 aliphatic carbocycles. The fourth-order valence-electron chi connectivity index (χ4n) is 2.87. The lowest BCUT2D eigenvalue weighted by atomic mass is 9.77. The van der Waals surface area contributed by atoms with E-state index in [9.17, 15) is 4.79 Å². The molecule has 1 fully saturated rings. The predicted molar refractivity (Wildman–Crippen MR) is 119 cm³/mol. The minimum atomic E-state index is -1.99. The molecule has 2 heterocycles. The highest BCUT2D eigenvalue weighted by Gasteiger charge is 2.53. The van der Waals surface area contributed by atoms with Crippen LogP contribution in [0.2, 0.25) is 18.1 Å². The maximum atomic E-state index is 12.1. The summed E-state index contributed by atoms with van der Waals surface area (Å²) in [6.45, 7) is 21.6. The highest BCUT2D eigenvalue weighted by atomic mass is 28.4. The fraction of sp³-hybridized carbons (Fsp3) is 0.800. The van der Waals surface area contributed by atoms with Gasteiger partial charge in [0.2, 0.25) is 5.91 Å². The van der Waals surface area contributed by atoms with Crippen molar-refractivity contribution in [1.29, 1.82) is 0 Å². The molecule has 1 amide bonds. The summed E-state index contributed by atoms with van der Waals surface area (Å²) >= 11 is 0. The van der Waals surface area contributed by atoms with E-state index in [1.807, 2.05) is 34.6 Å². The van der Waals surface area contributed by atoms with E-state index in [-0.39, 0.29) is 17.5 Å². The average molecular weight is 423 g/mol. The first-order valence-electron chi connectivity index (χ1n) is 10.3. The maximum Gasteiger partial charge on any atom is 0.498 e. The van der Waals surface area contributed by atoms with E-state index in [1.165, 1.54) is 0 Å². The van der Waals surface area contributed by atoms with E-state index in [1.54, 1.807) is 11.7 Å². The van der Waals surface area contributed by atoms with E-state index in [4.69, 9.17) is 13.7 Å². The zero-order valence-electron chi connectivity index (χ0n) is 20.0.